The van der Waals surface area contributed by atoms with Crippen molar-refractivity contribution in [3.8, 4) is 0 Å². The van der Waals surface area contributed by atoms with Crippen LogP contribution in [0.25, 0.3) is 21.5 Å². The fraction of sp³-hybridized carbons (Fsp3) is 0.385. The van der Waals surface area contributed by atoms with Gasteiger partial charge in [0.05, 0.1) is 0 Å². The summed E-state index contributed by atoms with van der Waals surface area (Å²) in [4.78, 5) is 0. The summed E-state index contributed by atoms with van der Waals surface area (Å²) in [6.07, 6.45) is 16.7. The summed E-state index contributed by atoms with van der Waals surface area (Å²) in [6, 6.07) is 27.8. The number of aryl methyl sites for hydroxylation is 1. The Morgan fingerprint density at radius 1 is 0.786 bits per heavy atom. The molecule has 1 atom stereocenters. The maximum atomic E-state index is 3.57. The Morgan fingerprint density at radius 2 is 1.29 bits per heavy atom. The molecule has 3 heteroatoms. The molecule has 5 aliphatic carbocycles. The van der Waals surface area contributed by atoms with E-state index >= 15 is 0 Å². The zero-order valence-electron chi connectivity index (χ0n) is 25.2. The summed E-state index contributed by atoms with van der Waals surface area (Å²) >= 11 is 1.47. The van der Waals surface area contributed by atoms with Crippen molar-refractivity contribution in [2.75, 3.05) is 0 Å². The second kappa shape index (κ2) is 14.4. The zero-order valence-corrected chi connectivity index (χ0v) is 29.1. The molecule has 0 aromatic heterocycles. The molecule has 218 valence electrons. The van der Waals surface area contributed by atoms with Gasteiger partial charge in [0, 0.05) is 0 Å². The van der Waals surface area contributed by atoms with Gasteiger partial charge in [-0.25, -0.2) is 5.57 Å². The van der Waals surface area contributed by atoms with Crippen LogP contribution in [0.2, 0.25) is 0 Å². The minimum Gasteiger partial charge on any atom is -1.00 e. The van der Waals surface area contributed by atoms with Gasteiger partial charge in [0.25, 0.3) is 0 Å². The van der Waals surface area contributed by atoms with E-state index in [1.165, 1.54) is 68.9 Å². The molecular weight excluding hydrogens is 631 g/mol. The van der Waals surface area contributed by atoms with E-state index in [4.69, 9.17) is 0 Å². The Labute approximate surface area is 280 Å². The van der Waals surface area contributed by atoms with Crippen LogP contribution >= 0.6 is 0 Å². The molecule has 9 rings (SSSR count). The van der Waals surface area contributed by atoms with Gasteiger partial charge in [-0.3, -0.25) is 6.08 Å². The molecule has 4 aromatic carbocycles. The Kier molecular flexibility index (Phi) is 11.4. The van der Waals surface area contributed by atoms with Crippen LogP contribution in [0.4, 0.5) is 0 Å². The molecule has 0 heterocycles. The predicted octanol–water partition coefficient (Wildman–Crippen LogP) is 4.33. The molecule has 4 bridgehead atoms. The van der Waals surface area contributed by atoms with Gasteiger partial charge < -0.3 is 24.8 Å². The smallest absolute Gasteiger partial charge is 0.0771 e. The number of halogens is 2. The van der Waals surface area contributed by atoms with Gasteiger partial charge in [-0.15, -0.1) is 39.7 Å². The van der Waals surface area contributed by atoms with Crippen LogP contribution in [-0.2, 0) is 24.2 Å². The standard InChI is InChI=1S/C18H25.C13H9.C8H8.2ClH.Zr/c1-12-3-13(2)17(4-12)11-18-8-14-5-15(9-18)7-16(6-14)10-18;1-3-7-12-10(5-1)9-11-6-2-4-8-13(11)12;1-7-3-5-8(2)6-4-7;;;/h4,12,14-16H,5-11H2,1-2H3;1-9H;1,3-6H,2H3;2*1H;/q2*-1;;;;+2/p-2. The first-order chi connectivity index (χ1) is 19.4. The zero-order chi connectivity index (χ0) is 27.7. The normalized spacial score (nSPS) is 26.6. The van der Waals surface area contributed by atoms with Gasteiger partial charge in [0.15, 0.2) is 0 Å². The van der Waals surface area contributed by atoms with Crippen LogP contribution in [0.3, 0.4) is 0 Å². The molecular formula is C39H42Cl2Zr-2. The van der Waals surface area contributed by atoms with Crippen molar-refractivity contribution in [3.05, 3.63) is 113 Å². The first kappa shape index (κ1) is 33.2. The van der Waals surface area contributed by atoms with Crippen molar-refractivity contribution in [1.82, 2.24) is 0 Å². The molecule has 0 nitrogen and oxygen atoms in total. The van der Waals surface area contributed by atoms with Crippen molar-refractivity contribution in [1.29, 1.82) is 0 Å². The Bertz CT molecular complexity index is 1470. The third-order valence-electron chi connectivity index (χ3n) is 9.87. The molecule has 1 unspecified atom stereocenters. The minimum atomic E-state index is 0. The first-order valence-corrected chi connectivity index (χ1v) is 16.7. The summed E-state index contributed by atoms with van der Waals surface area (Å²) < 4.78 is 2.19. The molecule has 0 spiro atoms. The molecule has 4 aromatic rings. The number of fused-ring (bicyclic) bond motifs is 3. The fourth-order valence-electron chi connectivity index (χ4n) is 8.57. The predicted molar refractivity (Wildman–Crippen MR) is 168 cm³/mol. The largest absolute Gasteiger partial charge is 1.00 e. The van der Waals surface area contributed by atoms with Crippen LogP contribution in [0, 0.1) is 42.1 Å². The number of hydrogen-bond donors (Lipinski definition) is 0. The van der Waals surface area contributed by atoms with Crippen molar-refractivity contribution in [2.45, 2.75) is 65.7 Å². The Hall–Kier alpha value is -1.66. The summed E-state index contributed by atoms with van der Waals surface area (Å²) in [5.74, 6) is 3.82. The topological polar surface area (TPSA) is 0 Å². The third kappa shape index (κ3) is 7.52. The Balaban J connectivity index is 0.000000150. The van der Waals surface area contributed by atoms with E-state index in [2.05, 4.69) is 115 Å². The van der Waals surface area contributed by atoms with Crippen LogP contribution in [-0.4, -0.2) is 3.71 Å². The monoisotopic (exact) mass is 670 g/mol. The average molecular weight is 673 g/mol. The van der Waals surface area contributed by atoms with Crippen molar-refractivity contribution in [2.24, 2.45) is 29.1 Å². The first-order valence-electron chi connectivity index (χ1n) is 15.3. The van der Waals surface area contributed by atoms with Gasteiger partial charge in [-0.1, -0.05) is 62.6 Å². The van der Waals surface area contributed by atoms with E-state index in [1.807, 2.05) is 0 Å². The van der Waals surface area contributed by atoms with Gasteiger partial charge >= 0.3 is 70.3 Å². The van der Waals surface area contributed by atoms with E-state index in [-0.39, 0.29) is 24.8 Å². The van der Waals surface area contributed by atoms with Gasteiger partial charge in [0.2, 0.25) is 0 Å². The van der Waals surface area contributed by atoms with Crippen LogP contribution < -0.4 is 24.8 Å². The Morgan fingerprint density at radius 3 is 1.74 bits per heavy atom. The molecule has 0 radical (unpaired) electrons. The summed E-state index contributed by atoms with van der Waals surface area (Å²) in [5.41, 5.74) is 6.46. The molecule has 0 saturated heterocycles. The minimum absolute atomic E-state index is 0. The van der Waals surface area contributed by atoms with Gasteiger partial charge in [0.1, 0.15) is 0 Å². The van der Waals surface area contributed by atoms with Crippen LogP contribution in [0.1, 0.15) is 69.9 Å². The van der Waals surface area contributed by atoms with E-state index in [1.54, 1.807) is 44.1 Å². The van der Waals surface area contributed by atoms with Crippen molar-refractivity contribution >= 4 is 25.3 Å². The summed E-state index contributed by atoms with van der Waals surface area (Å²) in [6.45, 7) is 6.65. The van der Waals surface area contributed by atoms with Crippen LogP contribution in [0.15, 0.2) is 96.1 Å². The maximum absolute atomic E-state index is 3.57. The van der Waals surface area contributed by atoms with Crippen LogP contribution in [0.5, 0.6) is 0 Å². The quantitative estimate of drug-likeness (QED) is 0.285. The molecule has 0 amide bonds. The SMILES string of the molecule is CC1=[C-]C(C)C=C1CC12CC3CC(CC(C3)C1)C2.Cc1ccc([CH]=[Zr+2])cc1.[Cl-].[Cl-].c1ccc2c(c1)[cH-]c1ccccc12. The number of benzene rings is 3. The fourth-order valence-corrected chi connectivity index (χ4v) is 9.04. The maximum Gasteiger partial charge on any atom is -0.0771 e. The summed E-state index contributed by atoms with van der Waals surface area (Å²) in [7, 11) is 0. The van der Waals surface area contributed by atoms with Gasteiger partial charge in [-0.05, 0) is 61.7 Å². The molecule has 0 aliphatic heterocycles. The van der Waals surface area contributed by atoms with E-state index in [9.17, 15) is 0 Å². The number of allylic oxidation sites excluding steroid dienone is 4. The van der Waals surface area contributed by atoms with Crippen molar-refractivity contribution < 1.29 is 49.0 Å². The molecule has 5 aliphatic rings. The molecule has 4 saturated carbocycles. The third-order valence-corrected chi connectivity index (χ3v) is 10.7. The number of hydrogen-bond acceptors (Lipinski definition) is 0. The van der Waals surface area contributed by atoms with Gasteiger partial charge in [-0.2, -0.15) is 11.6 Å². The molecule has 4 fully saturated rings. The van der Waals surface area contributed by atoms with E-state index < -0.39 is 0 Å². The summed E-state index contributed by atoms with van der Waals surface area (Å²) in [5, 5.41) is 5.39. The van der Waals surface area contributed by atoms with E-state index in [0.29, 0.717) is 11.3 Å². The number of rotatable bonds is 3. The van der Waals surface area contributed by atoms with E-state index in [0.717, 1.165) is 17.8 Å². The molecule has 0 N–H and O–H groups in total. The molecule has 42 heavy (non-hydrogen) atoms. The van der Waals surface area contributed by atoms with Crippen molar-refractivity contribution in [3.63, 3.8) is 0 Å². The second-order valence-electron chi connectivity index (χ2n) is 13.2. The average Bonchev–Trinajstić information content (AvgIpc) is 3.47. The second-order valence-corrected chi connectivity index (χ2v) is 13.9.